The molecule has 0 aromatic carbocycles. The van der Waals surface area contributed by atoms with Gasteiger partial charge in [0, 0.05) is 11.1 Å². The van der Waals surface area contributed by atoms with Crippen molar-refractivity contribution in [2.75, 3.05) is 5.32 Å². The van der Waals surface area contributed by atoms with Crippen LogP contribution in [0.3, 0.4) is 0 Å². The summed E-state index contributed by atoms with van der Waals surface area (Å²) in [5.74, 6) is 0.669. The number of aromatic nitrogens is 6. The molecular weight excluding hydrogens is 334 g/mol. The van der Waals surface area contributed by atoms with E-state index in [1.807, 2.05) is 44.3 Å². The van der Waals surface area contributed by atoms with Gasteiger partial charge in [-0.2, -0.15) is 10.2 Å². The van der Waals surface area contributed by atoms with E-state index in [2.05, 4.69) is 30.5 Å². The maximum absolute atomic E-state index is 4.71. The van der Waals surface area contributed by atoms with Crippen LogP contribution >= 0.6 is 11.3 Å². The van der Waals surface area contributed by atoms with Gasteiger partial charge in [-0.25, -0.2) is 19.9 Å². The summed E-state index contributed by atoms with van der Waals surface area (Å²) in [6, 6.07) is 7.74. The highest BCUT2D eigenvalue weighted by molar-refractivity contribution is 7.14. The van der Waals surface area contributed by atoms with Gasteiger partial charge in [0.25, 0.3) is 0 Å². The molecule has 0 radical (unpaired) electrons. The average Bonchev–Trinajstić information content (AvgIpc) is 3.07. The van der Waals surface area contributed by atoms with Gasteiger partial charge in [0.1, 0.15) is 16.9 Å². The first-order chi connectivity index (χ1) is 12.2. The predicted molar refractivity (Wildman–Crippen MR) is 97.3 cm³/mol. The molecule has 4 aromatic heterocycles. The highest BCUT2D eigenvalue weighted by Gasteiger charge is 2.10. The van der Waals surface area contributed by atoms with Crippen LogP contribution in [0.5, 0.6) is 0 Å². The van der Waals surface area contributed by atoms with Crippen LogP contribution in [0, 0.1) is 13.8 Å². The number of nitrogens with zero attached hydrogens (tertiary/aromatic N) is 6. The molecule has 4 rings (SSSR count). The van der Waals surface area contributed by atoms with Crippen LogP contribution < -0.4 is 5.32 Å². The summed E-state index contributed by atoms with van der Waals surface area (Å²) >= 11 is 1.61. The fourth-order valence-electron chi connectivity index (χ4n) is 2.36. The quantitative estimate of drug-likeness (QED) is 0.605. The van der Waals surface area contributed by atoms with Gasteiger partial charge in [0.2, 0.25) is 0 Å². The molecule has 0 spiro atoms. The summed E-state index contributed by atoms with van der Waals surface area (Å²) in [6.45, 7) is 4.45. The maximum atomic E-state index is 4.71. The number of anilines is 1. The van der Waals surface area contributed by atoms with E-state index in [4.69, 9.17) is 4.98 Å². The first-order valence-electron chi connectivity index (χ1n) is 7.77. The van der Waals surface area contributed by atoms with Gasteiger partial charge in [-0.1, -0.05) is 0 Å². The van der Waals surface area contributed by atoms with Gasteiger partial charge in [0.15, 0.2) is 5.82 Å². The van der Waals surface area contributed by atoms with Crippen molar-refractivity contribution in [2.45, 2.75) is 20.4 Å². The summed E-state index contributed by atoms with van der Waals surface area (Å²) in [5, 5.41) is 12.4. The number of fused-ring (bicyclic) bond motifs is 1. The normalized spacial score (nSPS) is 11.0. The number of nitrogens with one attached hydrogen (secondary N) is 1. The van der Waals surface area contributed by atoms with Crippen LogP contribution in [-0.4, -0.2) is 30.1 Å². The molecule has 0 unspecified atom stereocenters. The molecule has 0 saturated carbocycles. The second-order valence-electron chi connectivity index (χ2n) is 5.58. The first-order valence-corrected chi connectivity index (χ1v) is 8.58. The van der Waals surface area contributed by atoms with Gasteiger partial charge in [-0.3, -0.25) is 0 Å². The molecule has 0 fully saturated rings. The van der Waals surface area contributed by atoms with Crippen molar-refractivity contribution >= 4 is 28.2 Å². The maximum Gasteiger partial charge on any atom is 0.156 e. The fraction of sp³-hybridized carbons (Fsp3) is 0.176. The Hall–Kier alpha value is -3.00. The molecule has 0 bridgehead atoms. The fourth-order valence-corrected chi connectivity index (χ4v) is 3.09. The van der Waals surface area contributed by atoms with Crippen molar-refractivity contribution in [1.29, 1.82) is 0 Å². The number of hydrogen-bond donors (Lipinski definition) is 1. The number of hydrogen-bond acceptors (Lipinski definition) is 8. The molecule has 0 amide bonds. The molecule has 25 heavy (non-hydrogen) atoms. The van der Waals surface area contributed by atoms with Crippen molar-refractivity contribution in [1.82, 2.24) is 30.1 Å². The second kappa shape index (κ2) is 6.48. The van der Waals surface area contributed by atoms with Crippen LogP contribution in [0.2, 0.25) is 0 Å². The Kier molecular flexibility index (Phi) is 4.02. The minimum absolute atomic E-state index is 0.516. The summed E-state index contributed by atoms with van der Waals surface area (Å²) in [5.41, 5.74) is 4.04. The van der Waals surface area contributed by atoms with Crippen molar-refractivity contribution < 1.29 is 0 Å². The van der Waals surface area contributed by atoms with Gasteiger partial charge < -0.3 is 5.32 Å². The van der Waals surface area contributed by atoms with Crippen molar-refractivity contribution in [3.8, 4) is 10.7 Å². The highest BCUT2D eigenvalue weighted by Crippen LogP contribution is 2.26. The molecule has 0 aliphatic carbocycles. The Morgan fingerprint density at radius 3 is 2.68 bits per heavy atom. The van der Waals surface area contributed by atoms with E-state index in [-0.39, 0.29) is 0 Å². The zero-order valence-corrected chi connectivity index (χ0v) is 14.6. The molecular formula is C17H15N7S. The second-order valence-corrected chi connectivity index (χ2v) is 6.82. The topological polar surface area (TPSA) is 89.4 Å². The van der Waals surface area contributed by atoms with Crippen LogP contribution in [0.1, 0.15) is 16.3 Å². The van der Waals surface area contributed by atoms with Crippen molar-refractivity contribution in [2.24, 2.45) is 0 Å². The monoisotopic (exact) mass is 349 g/mol. The summed E-state index contributed by atoms with van der Waals surface area (Å²) in [7, 11) is 0. The predicted octanol–water partition coefficient (Wildman–Crippen LogP) is 3.17. The van der Waals surface area contributed by atoms with E-state index >= 15 is 0 Å². The zero-order valence-electron chi connectivity index (χ0n) is 13.8. The Labute approximate surface area is 148 Å². The number of pyridine rings is 1. The zero-order chi connectivity index (χ0) is 17.2. The molecule has 1 N–H and O–H groups in total. The third-order valence-corrected chi connectivity index (χ3v) is 4.55. The SMILES string of the molecule is Cc1ccc(CNc2ncnc3ccc(-c4ncc(C)s4)nc23)nn1. The highest BCUT2D eigenvalue weighted by atomic mass is 32.1. The van der Waals surface area contributed by atoms with E-state index in [0.29, 0.717) is 17.9 Å². The van der Waals surface area contributed by atoms with Crippen LogP contribution in [-0.2, 0) is 6.54 Å². The van der Waals surface area contributed by atoms with E-state index < -0.39 is 0 Å². The lowest BCUT2D eigenvalue weighted by Crippen LogP contribution is -2.06. The van der Waals surface area contributed by atoms with Crippen molar-refractivity contribution in [3.63, 3.8) is 0 Å². The van der Waals surface area contributed by atoms with E-state index in [1.54, 1.807) is 11.3 Å². The minimum Gasteiger partial charge on any atom is -0.362 e. The van der Waals surface area contributed by atoms with Gasteiger partial charge >= 0.3 is 0 Å². The Morgan fingerprint density at radius 1 is 1.00 bits per heavy atom. The number of rotatable bonds is 4. The number of thiazole rings is 1. The van der Waals surface area contributed by atoms with Gasteiger partial charge in [0.05, 0.1) is 29.1 Å². The molecule has 0 aliphatic heterocycles. The van der Waals surface area contributed by atoms with Crippen molar-refractivity contribution in [3.05, 3.63) is 53.1 Å². The largest absolute Gasteiger partial charge is 0.362 e. The molecule has 4 aromatic rings. The van der Waals surface area contributed by atoms with Gasteiger partial charge in [-0.05, 0) is 38.1 Å². The molecule has 8 heteroatoms. The first kappa shape index (κ1) is 15.5. The molecule has 0 saturated heterocycles. The minimum atomic E-state index is 0.516. The lowest BCUT2D eigenvalue weighted by atomic mass is 10.3. The Balaban J connectivity index is 1.67. The third-order valence-electron chi connectivity index (χ3n) is 3.61. The summed E-state index contributed by atoms with van der Waals surface area (Å²) in [6.07, 6.45) is 3.38. The van der Waals surface area contributed by atoms with E-state index in [9.17, 15) is 0 Å². The standard InChI is InChI=1S/C17H15N7S/c1-10-3-4-12(24-23-10)8-18-16-15-13(20-9-21-16)5-6-14(22-15)17-19-7-11(2)25-17/h3-7,9H,8H2,1-2H3,(H,18,20,21). The lowest BCUT2D eigenvalue weighted by molar-refractivity contribution is 0.895. The molecule has 124 valence electrons. The summed E-state index contributed by atoms with van der Waals surface area (Å²) in [4.78, 5) is 18.9. The molecule has 4 heterocycles. The van der Waals surface area contributed by atoms with E-state index in [1.165, 1.54) is 6.33 Å². The molecule has 0 aliphatic rings. The smallest absolute Gasteiger partial charge is 0.156 e. The Morgan fingerprint density at radius 2 is 1.92 bits per heavy atom. The number of aryl methyl sites for hydroxylation is 2. The summed E-state index contributed by atoms with van der Waals surface area (Å²) < 4.78 is 0. The van der Waals surface area contributed by atoms with Crippen LogP contribution in [0.4, 0.5) is 5.82 Å². The van der Waals surface area contributed by atoms with E-state index in [0.717, 1.165) is 32.5 Å². The average molecular weight is 349 g/mol. The van der Waals surface area contributed by atoms with Crippen LogP contribution in [0.15, 0.2) is 36.8 Å². The van der Waals surface area contributed by atoms with Gasteiger partial charge in [-0.15, -0.1) is 11.3 Å². The third kappa shape index (κ3) is 3.29. The van der Waals surface area contributed by atoms with Crippen LogP contribution in [0.25, 0.3) is 21.7 Å². The lowest BCUT2D eigenvalue weighted by Gasteiger charge is -2.08. The molecule has 0 atom stereocenters. The Bertz CT molecular complexity index is 1030. The molecule has 7 nitrogen and oxygen atoms in total.